The maximum atomic E-state index is 12.8. The second-order valence-corrected chi connectivity index (χ2v) is 3.64. The van der Waals surface area contributed by atoms with Crippen LogP contribution in [0.15, 0.2) is 12.3 Å². The fourth-order valence-electron chi connectivity index (χ4n) is 1.62. The number of hydrogen-bond acceptors (Lipinski definition) is 4. The van der Waals surface area contributed by atoms with Crippen molar-refractivity contribution in [3.63, 3.8) is 0 Å². The molecule has 0 saturated carbocycles. The van der Waals surface area contributed by atoms with Crippen molar-refractivity contribution in [3.05, 3.63) is 29.2 Å². The Balaban J connectivity index is 2.62. The molecular weight excluding hydrogens is 244 g/mol. The Labute approximate surface area is 101 Å². The predicted molar refractivity (Wildman–Crippen MR) is 58.6 cm³/mol. The topological polar surface area (TPSA) is 56.5 Å². The van der Waals surface area contributed by atoms with Crippen LogP contribution in [-0.4, -0.2) is 27.2 Å². The molecule has 0 bridgehead atoms. The lowest BCUT2D eigenvalue weighted by molar-refractivity contribution is 0.0528. The maximum Gasteiger partial charge on any atom is 0.343 e. The minimum atomic E-state index is -2.69. The molecule has 5 nitrogen and oxygen atoms in total. The van der Waals surface area contributed by atoms with Crippen LogP contribution in [0.2, 0.25) is 0 Å². The van der Waals surface area contributed by atoms with E-state index in [1.165, 1.54) is 12.3 Å². The summed E-state index contributed by atoms with van der Waals surface area (Å²) in [5.41, 5.74) is 0.267. The molecular formula is C11H11F2N3O2. The minimum Gasteiger partial charge on any atom is -0.462 e. The van der Waals surface area contributed by atoms with E-state index in [4.69, 9.17) is 4.74 Å². The molecule has 0 amide bonds. The van der Waals surface area contributed by atoms with Gasteiger partial charge in [0, 0.05) is 5.69 Å². The van der Waals surface area contributed by atoms with Crippen LogP contribution in [0.4, 0.5) is 8.78 Å². The zero-order valence-electron chi connectivity index (χ0n) is 9.85. The number of rotatable bonds is 3. The number of fused-ring (bicyclic) bond motifs is 1. The smallest absolute Gasteiger partial charge is 0.343 e. The lowest BCUT2D eigenvalue weighted by Crippen LogP contribution is -2.07. The third kappa shape index (κ3) is 2.03. The molecule has 18 heavy (non-hydrogen) atoms. The van der Waals surface area contributed by atoms with Gasteiger partial charge in [-0.05, 0) is 19.9 Å². The monoisotopic (exact) mass is 255 g/mol. The molecule has 0 radical (unpaired) electrons. The zero-order valence-corrected chi connectivity index (χ0v) is 9.85. The number of hydrogen-bond donors (Lipinski definition) is 0. The molecule has 2 rings (SSSR count). The van der Waals surface area contributed by atoms with Crippen molar-refractivity contribution >= 4 is 11.6 Å². The van der Waals surface area contributed by atoms with Crippen LogP contribution in [0.5, 0.6) is 0 Å². The summed E-state index contributed by atoms with van der Waals surface area (Å²) in [7, 11) is 0. The molecule has 0 aliphatic heterocycles. The van der Waals surface area contributed by atoms with Gasteiger partial charge >= 0.3 is 5.97 Å². The molecule has 2 aromatic rings. The molecule has 0 aliphatic carbocycles. The van der Waals surface area contributed by atoms with E-state index in [0.717, 1.165) is 4.52 Å². The summed E-state index contributed by atoms with van der Waals surface area (Å²) < 4.78 is 31.4. The van der Waals surface area contributed by atoms with Gasteiger partial charge in [0.1, 0.15) is 11.3 Å². The molecule has 2 heterocycles. The Bertz CT molecular complexity index is 595. The van der Waals surface area contributed by atoms with E-state index in [-0.39, 0.29) is 23.5 Å². The van der Waals surface area contributed by atoms with Crippen LogP contribution in [0.1, 0.15) is 35.1 Å². The zero-order chi connectivity index (χ0) is 13.3. The first-order chi connectivity index (χ1) is 8.54. The van der Waals surface area contributed by atoms with E-state index >= 15 is 0 Å². The molecule has 2 aromatic heterocycles. The lowest BCUT2D eigenvalue weighted by Gasteiger charge is -2.05. The first-order valence-corrected chi connectivity index (χ1v) is 5.35. The number of esters is 1. The minimum absolute atomic E-state index is 0.0856. The first-order valence-electron chi connectivity index (χ1n) is 5.35. The molecule has 0 aliphatic rings. The number of halogens is 2. The van der Waals surface area contributed by atoms with Crippen LogP contribution in [-0.2, 0) is 4.74 Å². The van der Waals surface area contributed by atoms with Gasteiger partial charge < -0.3 is 4.74 Å². The average Bonchev–Trinajstić information content (AvgIpc) is 2.71. The highest BCUT2D eigenvalue weighted by Gasteiger charge is 2.20. The van der Waals surface area contributed by atoms with Crippen molar-refractivity contribution in [3.8, 4) is 0 Å². The molecule has 0 atom stereocenters. The Kier molecular flexibility index (Phi) is 3.22. The molecule has 0 N–H and O–H groups in total. The highest BCUT2D eigenvalue weighted by Crippen LogP contribution is 2.21. The van der Waals surface area contributed by atoms with Gasteiger partial charge in [0.15, 0.2) is 5.65 Å². The molecule has 0 saturated heterocycles. The van der Waals surface area contributed by atoms with E-state index in [1.807, 2.05) is 0 Å². The second kappa shape index (κ2) is 4.67. The van der Waals surface area contributed by atoms with Crippen molar-refractivity contribution in [2.75, 3.05) is 6.61 Å². The molecule has 7 heteroatoms. The maximum absolute atomic E-state index is 12.8. The standard InChI is InChI=1S/C11H11F2N3O2/c1-3-18-11(17)7-5-14-16-8(9(12)13)4-6(2)15-10(7)16/h4-5,9H,3H2,1-2H3. The van der Waals surface area contributed by atoms with E-state index in [1.54, 1.807) is 13.8 Å². The highest BCUT2D eigenvalue weighted by molar-refractivity contribution is 5.95. The summed E-state index contributed by atoms with van der Waals surface area (Å²) in [6.45, 7) is 3.43. The van der Waals surface area contributed by atoms with Crippen molar-refractivity contribution in [1.29, 1.82) is 0 Å². The number of carbonyl (C=O) groups excluding carboxylic acids is 1. The van der Waals surface area contributed by atoms with E-state index in [9.17, 15) is 13.6 Å². The number of carbonyl (C=O) groups is 1. The number of alkyl halides is 2. The van der Waals surface area contributed by atoms with Crippen molar-refractivity contribution < 1.29 is 18.3 Å². The van der Waals surface area contributed by atoms with E-state index < -0.39 is 12.4 Å². The number of aryl methyl sites for hydroxylation is 1. The predicted octanol–water partition coefficient (Wildman–Crippen LogP) is 2.15. The summed E-state index contributed by atoms with van der Waals surface area (Å²) in [6.07, 6.45) is -1.50. The van der Waals surface area contributed by atoms with Crippen LogP contribution < -0.4 is 0 Å². The Morgan fingerprint density at radius 1 is 1.56 bits per heavy atom. The van der Waals surface area contributed by atoms with Crippen LogP contribution in [0.3, 0.4) is 0 Å². The molecule has 0 unspecified atom stereocenters. The summed E-state index contributed by atoms with van der Waals surface area (Å²) in [5, 5.41) is 3.76. The third-order valence-corrected chi connectivity index (χ3v) is 2.35. The van der Waals surface area contributed by atoms with Gasteiger partial charge in [-0.1, -0.05) is 0 Å². The fraction of sp³-hybridized carbons (Fsp3) is 0.364. The van der Waals surface area contributed by atoms with E-state index in [2.05, 4.69) is 10.1 Å². The number of nitrogens with zero attached hydrogens (tertiary/aromatic N) is 3. The molecule has 0 fully saturated rings. The molecule has 0 aromatic carbocycles. The summed E-state index contributed by atoms with van der Waals surface area (Å²) in [6, 6.07) is 1.24. The normalized spacial score (nSPS) is 11.2. The third-order valence-electron chi connectivity index (χ3n) is 2.35. The SMILES string of the molecule is CCOC(=O)c1cnn2c(C(F)F)cc(C)nc12. The number of aromatic nitrogens is 3. The average molecular weight is 255 g/mol. The van der Waals surface area contributed by atoms with Gasteiger partial charge in [0.25, 0.3) is 6.43 Å². The summed E-state index contributed by atoms with van der Waals surface area (Å²) in [4.78, 5) is 15.7. The molecule has 0 spiro atoms. The van der Waals surface area contributed by atoms with Gasteiger partial charge in [-0.2, -0.15) is 5.10 Å². The number of ether oxygens (including phenoxy) is 1. The Morgan fingerprint density at radius 2 is 2.28 bits per heavy atom. The van der Waals surface area contributed by atoms with Crippen molar-refractivity contribution in [2.45, 2.75) is 20.3 Å². The van der Waals surface area contributed by atoms with E-state index in [0.29, 0.717) is 5.69 Å². The van der Waals surface area contributed by atoms with Gasteiger partial charge in [0.05, 0.1) is 12.8 Å². The second-order valence-electron chi connectivity index (χ2n) is 3.64. The van der Waals surface area contributed by atoms with Gasteiger partial charge in [0.2, 0.25) is 0 Å². The Hall–Kier alpha value is -2.05. The summed E-state index contributed by atoms with van der Waals surface area (Å²) >= 11 is 0. The quantitative estimate of drug-likeness (QED) is 0.788. The Morgan fingerprint density at radius 3 is 2.89 bits per heavy atom. The summed E-state index contributed by atoms with van der Waals surface area (Å²) in [5.74, 6) is -0.620. The first kappa shape index (κ1) is 12.4. The van der Waals surface area contributed by atoms with Gasteiger partial charge in [-0.25, -0.2) is 23.1 Å². The van der Waals surface area contributed by atoms with Crippen LogP contribution >= 0.6 is 0 Å². The molecule has 96 valence electrons. The largest absolute Gasteiger partial charge is 0.462 e. The fourth-order valence-corrected chi connectivity index (χ4v) is 1.62. The van der Waals surface area contributed by atoms with Crippen molar-refractivity contribution in [1.82, 2.24) is 14.6 Å². The van der Waals surface area contributed by atoms with Gasteiger partial charge in [-0.15, -0.1) is 0 Å². The van der Waals surface area contributed by atoms with Crippen molar-refractivity contribution in [2.24, 2.45) is 0 Å². The van der Waals surface area contributed by atoms with Crippen LogP contribution in [0.25, 0.3) is 5.65 Å². The van der Waals surface area contributed by atoms with Gasteiger partial charge in [-0.3, -0.25) is 0 Å². The highest BCUT2D eigenvalue weighted by atomic mass is 19.3. The lowest BCUT2D eigenvalue weighted by atomic mass is 10.3. The van der Waals surface area contributed by atoms with Crippen LogP contribution in [0, 0.1) is 6.92 Å².